The summed E-state index contributed by atoms with van der Waals surface area (Å²) in [7, 11) is 0. The number of nitrogens with one attached hydrogen (secondary N) is 1. The molecule has 2 aromatic carbocycles. The van der Waals surface area contributed by atoms with E-state index in [1.54, 1.807) is 0 Å². The molecule has 118 valence electrons. The normalized spacial score (nSPS) is 21.6. The van der Waals surface area contributed by atoms with Crippen LogP contribution in [0.25, 0.3) is 0 Å². The number of aryl methyl sites for hydroxylation is 1. The largest absolute Gasteiger partial charge is 0.486 e. The first-order chi connectivity index (χ1) is 11.2. The molecule has 1 N–H and O–H groups in total. The van der Waals surface area contributed by atoms with Gasteiger partial charge in [0.05, 0.1) is 0 Å². The standard InChI is InChI=1S/C19H19NO3/c1-12-4-2-3-5-16(12)20-19(21)15-11-14(15)13-6-7-17-18(10-13)23-9-8-22-17/h2-7,10,14-15H,8-9,11H2,1H3,(H,20,21)/t14-,15+/m0/s1. The molecule has 0 aromatic heterocycles. The Balaban J connectivity index is 1.45. The van der Waals surface area contributed by atoms with Crippen molar-refractivity contribution in [2.45, 2.75) is 19.3 Å². The molecule has 0 unspecified atom stereocenters. The van der Waals surface area contributed by atoms with E-state index in [2.05, 4.69) is 5.32 Å². The van der Waals surface area contributed by atoms with Crippen molar-refractivity contribution in [3.05, 3.63) is 53.6 Å². The number of carbonyl (C=O) groups excluding carboxylic acids is 1. The number of hydrogen-bond donors (Lipinski definition) is 1. The minimum atomic E-state index is 0.0390. The average molecular weight is 309 g/mol. The number of hydrogen-bond acceptors (Lipinski definition) is 3. The summed E-state index contributed by atoms with van der Waals surface area (Å²) in [5.41, 5.74) is 3.13. The van der Waals surface area contributed by atoms with Crippen molar-refractivity contribution < 1.29 is 14.3 Å². The van der Waals surface area contributed by atoms with Gasteiger partial charge in [0.15, 0.2) is 11.5 Å². The molecule has 0 spiro atoms. The molecule has 1 heterocycles. The van der Waals surface area contributed by atoms with Crippen LogP contribution in [0, 0.1) is 12.8 Å². The number of benzene rings is 2. The first kappa shape index (κ1) is 14.1. The smallest absolute Gasteiger partial charge is 0.228 e. The Kier molecular flexibility index (Phi) is 3.45. The molecule has 1 fully saturated rings. The molecule has 0 bridgehead atoms. The molecular formula is C19H19NO3. The SMILES string of the molecule is Cc1ccccc1NC(=O)[C@@H]1C[C@H]1c1ccc2c(c1)OCCO2. The maximum atomic E-state index is 12.4. The van der Waals surface area contributed by atoms with Crippen molar-refractivity contribution >= 4 is 11.6 Å². The molecule has 2 atom stereocenters. The van der Waals surface area contributed by atoms with Crippen LogP contribution >= 0.6 is 0 Å². The van der Waals surface area contributed by atoms with Crippen molar-refractivity contribution in [3.63, 3.8) is 0 Å². The lowest BCUT2D eigenvalue weighted by atomic mass is 10.1. The van der Waals surface area contributed by atoms with Gasteiger partial charge < -0.3 is 14.8 Å². The summed E-state index contributed by atoms with van der Waals surface area (Å²) in [5.74, 6) is 1.99. The van der Waals surface area contributed by atoms with Crippen molar-refractivity contribution in [3.8, 4) is 11.5 Å². The van der Waals surface area contributed by atoms with E-state index in [9.17, 15) is 4.79 Å². The predicted molar refractivity (Wildman–Crippen MR) is 88.1 cm³/mol. The Morgan fingerprint density at radius 2 is 1.87 bits per heavy atom. The molecule has 4 nitrogen and oxygen atoms in total. The Morgan fingerprint density at radius 1 is 1.09 bits per heavy atom. The monoisotopic (exact) mass is 309 g/mol. The summed E-state index contributed by atoms with van der Waals surface area (Å²) in [4.78, 5) is 12.4. The number of amides is 1. The van der Waals surface area contributed by atoms with E-state index in [-0.39, 0.29) is 17.7 Å². The molecule has 1 aliphatic carbocycles. The molecule has 1 saturated carbocycles. The molecule has 0 saturated heterocycles. The zero-order valence-corrected chi connectivity index (χ0v) is 13.0. The van der Waals surface area contributed by atoms with E-state index in [0.29, 0.717) is 13.2 Å². The number of rotatable bonds is 3. The van der Waals surface area contributed by atoms with E-state index in [4.69, 9.17) is 9.47 Å². The van der Waals surface area contributed by atoms with E-state index in [0.717, 1.165) is 34.7 Å². The number of para-hydroxylation sites is 1. The number of carbonyl (C=O) groups is 1. The average Bonchev–Trinajstić information content (AvgIpc) is 3.37. The summed E-state index contributed by atoms with van der Waals surface area (Å²) in [6, 6.07) is 13.8. The fraction of sp³-hybridized carbons (Fsp3) is 0.316. The van der Waals surface area contributed by atoms with E-state index in [1.165, 1.54) is 0 Å². The van der Waals surface area contributed by atoms with Gasteiger partial charge in [-0.1, -0.05) is 24.3 Å². The maximum absolute atomic E-state index is 12.4. The summed E-state index contributed by atoms with van der Waals surface area (Å²) < 4.78 is 11.2. The van der Waals surface area contributed by atoms with Crippen molar-refractivity contribution in [2.75, 3.05) is 18.5 Å². The molecule has 0 radical (unpaired) electrons. The van der Waals surface area contributed by atoms with Crippen molar-refractivity contribution in [2.24, 2.45) is 5.92 Å². The molecule has 1 amide bonds. The zero-order valence-electron chi connectivity index (χ0n) is 13.0. The Labute approximate surface area is 135 Å². The second-order valence-electron chi connectivity index (χ2n) is 6.16. The third-order valence-corrected chi connectivity index (χ3v) is 4.52. The molecule has 1 aliphatic heterocycles. The highest BCUT2D eigenvalue weighted by atomic mass is 16.6. The molecule has 2 aromatic rings. The Bertz CT molecular complexity index is 756. The highest BCUT2D eigenvalue weighted by Gasteiger charge is 2.44. The lowest BCUT2D eigenvalue weighted by molar-refractivity contribution is -0.117. The highest BCUT2D eigenvalue weighted by molar-refractivity contribution is 5.95. The zero-order chi connectivity index (χ0) is 15.8. The minimum absolute atomic E-state index is 0.0390. The lowest BCUT2D eigenvalue weighted by Crippen LogP contribution is -2.16. The topological polar surface area (TPSA) is 47.6 Å². The van der Waals surface area contributed by atoms with Crippen molar-refractivity contribution in [1.29, 1.82) is 0 Å². The van der Waals surface area contributed by atoms with Gasteiger partial charge >= 0.3 is 0 Å². The fourth-order valence-electron chi connectivity index (χ4n) is 3.08. The van der Waals surface area contributed by atoms with Gasteiger partial charge in [0, 0.05) is 11.6 Å². The fourth-order valence-corrected chi connectivity index (χ4v) is 3.08. The number of ether oxygens (including phenoxy) is 2. The van der Waals surface area contributed by atoms with Gasteiger partial charge in [-0.25, -0.2) is 0 Å². The number of anilines is 1. The third-order valence-electron chi connectivity index (χ3n) is 4.52. The number of fused-ring (bicyclic) bond motifs is 1. The second-order valence-corrected chi connectivity index (χ2v) is 6.16. The van der Waals surface area contributed by atoms with Crippen LogP contribution in [-0.4, -0.2) is 19.1 Å². The molecular weight excluding hydrogens is 290 g/mol. The van der Waals surface area contributed by atoms with Gasteiger partial charge in [0.2, 0.25) is 5.91 Å². The molecule has 4 rings (SSSR count). The van der Waals surface area contributed by atoms with Gasteiger partial charge in [-0.05, 0) is 48.6 Å². The highest BCUT2D eigenvalue weighted by Crippen LogP contribution is 2.49. The lowest BCUT2D eigenvalue weighted by Gasteiger charge is -2.18. The summed E-state index contributed by atoms with van der Waals surface area (Å²) >= 11 is 0. The van der Waals surface area contributed by atoms with E-state index < -0.39 is 0 Å². The molecule has 4 heteroatoms. The van der Waals surface area contributed by atoms with Crippen LogP contribution in [0.1, 0.15) is 23.5 Å². The van der Waals surface area contributed by atoms with Crippen LogP contribution < -0.4 is 14.8 Å². The Hall–Kier alpha value is -2.49. The first-order valence-corrected chi connectivity index (χ1v) is 7.98. The van der Waals surface area contributed by atoms with Gasteiger partial charge in [0.25, 0.3) is 0 Å². The first-order valence-electron chi connectivity index (χ1n) is 7.98. The summed E-state index contributed by atoms with van der Waals surface area (Å²) in [5, 5.41) is 3.04. The third kappa shape index (κ3) is 2.77. The molecule has 2 aliphatic rings. The second kappa shape index (κ2) is 5.61. The minimum Gasteiger partial charge on any atom is -0.486 e. The quantitative estimate of drug-likeness (QED) is 0.944. The maximum Gasteiger partial charge on any atom is 0.228 e. The van der Waals surface area contributed by atoms with Gasteiger partial charge in [0.1, 0.15) is 13.2 Å². The van der Waals surface area contributed by atoms with Gasteiger partial charge in [-0.3, -0.25) is 4.79 Å². The summed E-state index contributed by atoms with van der Waals surface area (Å²) in [6.45, 7) is 3.18. The van der Waals surface area contributed by atoms with Crippen LogP contribution in [0.4, 0.5) is 5.69 Å². The van der Waals surface area contributed by atoms with Crippen LogP contribution in [0.5, 0.6) is 11.5 Å². The summed E-state index contributed by atoms with van der Waals surface area (Å²) in [6.07, 6.45) is 0.886. The molecule has 23 heavy (non-hydrogen) atoms. The van der Waals surface area contributed by atoms with E-state index in [1.807, 2.05) is 49.4 Å². The van der Waals surface area contributed by atoms with Crippen LogP contribution in [-0.2, 0) is 4.79 Å². The van der Waals surface area contributed by atoms with Crippen LogP contribution in [0.15, 0.2) is 42.5 Å². The van der Waals surface area contributed by atoms with Crippen molar-refractivity contribution in [1.82, 2.24) is 0 Å². The van der Waals surface area contributed by atoms with Crippen LogP contribution in [0.2, 0.25) is 0 Å². The van der Waals surface area contributed by atoms with Crippen LogP contribution in [0.3, 0.4) is 0 Å². The Morgan fingerprint density at radius 3 is 2.70 bits per heavy atom. The predicted octanol–water partition coefficient (Wildman–Crippen LogP) is 3.51. The van der Waals surface area contributed by atoms with Gasteiger partial charge in [-0.15, -0.1) is 0 Å². The van der Waals surface area contributed by atoms with E-state index >= 15 is 0 Å². The van der Waals surface area contributed by atoms with Gasteiger partial charge in [-0.2, -0.15) is 0 Å².